The summed E-state index contributed by atoms with van der Waals surface area (Å²) in [5, 5.41) is 6.08. The molecule has 0 bridgehead atoms. The third-order valence-electron chi connectivity index (χ3n) is 2.41. The van der Waals surface area contributed by atoms with Gasteiger partial charge in [-0.25, -0.2) is 4.79 Å². The van der Waals surface area contributed by atoms with E-state index in [1.165, 1.54) is 0 Å². The van der Waals surface area contributed by atoms with E-state index >= 15 is 0 Å². The van der Waals surface area contributed by atoms with Gasteiger partial charge in [-0.15, -0.1) is 0 Å². The van der Waals surface area contributed by atoms with Crippen molar-refractivity contribution in [2.45, 2.75) is 46.1 Å². The molecule has 4 heteroatoms. The average Bonchev–Trinajstić information content (AvgIpc) is 2.29. The summed E-state index contributed by atoms with van der Waals surface area (Å²) < 4.78 is 5.24. The number of anilines is 2. The molecule has 4 nitrogen and oxygen atoms in total. The van der Waals surface area contributed by atoms with Gasteiger partial charge in [-0.3, -0.25) is 5.32 Å². The van der Waals surface area contributed by atoms with Crippen LogP contribution in [0, 0.1) is 0 Å². The molecule has 0 aromatic heterocycles. The third kappa shape index (κ3) is 6.13. The molecule has 0 atom stereocenters. The summed E-state index contributed by atoms with van der Waals surface area (Å²) in [6.45, 7) is 8.57. The molecule has 2 N–H and O–H groups in total. The first kappa shape index (κ1) is 15.3. The van der Waals surface area contributed by atoms with E-state index in [0.29, 0.717) is 0 Å². The summed E-state index contributed by atoms with van der Waals surface area (Å²) in [6, 6.07) is 7.63. The molecule has 1 aromatic rings. The fourth-order valence-electron chi connectivity index (χ4n) is 1.56. The Morgan fingerprint density at radius 2 is 1.84 bits per heavy atom. The first-order chi connectivity index (χ1) is 8.92. The van der Waals surface area contributed by atoms with Crippen molar-refractivity contribution in [1.29, 1.82) is 0 Å². The number of hydrogen-bond donors (Lipinski definition) is 2. The van der Waals surface area contributed by atoms with E-state index in [4.69, 9.17) is 4.74 Å². The van der Waals surface area contributed by atoms with Crippen LogP contribution in [0.4, 0.5) is 16.2 Å². The predicted octanol–water partition coefficient (Wildman–Crippen LogP) is 4.25. The first-order valence-corrected chi connectivity index (χ1v) is 6.75. The maximum Gasteiger partial charge on any atom is 0.412 e. The predicted molar refractivity (Wildman–Crippen MR) is 79.7 cm³/mol. The van der Waals surface area contributed by atoms with Crippen LogP contribution in [-0.4, -0.2) is 18.2 Å². The highest BCUT2D eigenvalue weighted by Gasteiger charge is 2.16. The van der Waals surface area contributed by atoms with Crippen molar-refractivity contribution in [2.75, 3.05) is 17.2 Å². The van der Waals surface area contributed by atoms with Crippen molar-refractivity contribution in [3.8, 4) is 0 Å². The number of benzene rings is 1. The lowest BCUT2D eigenvalue weighted by Gasteiger charge is -2.20. The highest BCUT2D eigenvalue weighted by atomic mass is 16.6. The first-order valence-electron chi connectivity index (χ1n) is 6.75. The fraction of sp³-hybridized carbons (Fsp3) is 0.533. The van der Waals surface area contributed by atoms with Crippen LogP contribution in [0.25, 0.3) is 0 Å². The lowest BCUT2D eigenvalue weighted by atomic mass is 10.2. The van der Waals surface area contributed by atoms with E-state index in [-0.39, 0.29) is 0 Å². The van der Waals surface area contributed by atoms with Gasteiger partial charge in [-0.2, -0.15) is 0 Å². The van der Waals surface area contributed by atoms with Crippen LogP contribution in [0.3, 0.4) is 0 Å². The van der Waals surface area contributed by atoms with E-state index in [9.17, 15) is 4.79 Å². The van der Waals surface area contributed by atoms with Crippen molar-refractivity contribution in [1.82, 2.24) is 0 Å². The topological polar surface area (TPSA) is 50.4 Å². The Hall–Kier alpha value is -1.71. The Labute approximate surface area is 115 Å². The Morgan fingerprint density at radius 1 is 1.21 bits per heavy atom. The largest absolute Gasteiger partial charge is 0.444 e. The summed E-state index contributed by atoms with van der Waals surface area (Å²) in [6.07, 6.45) is 1.80. The van der Waals surface area contributed by atoms with Gasteiger partial charge >= 0.3 is 6.09 Å². The summed E-state index contributed by atoms with van der Waals surface area (Å²) in [4.78, 5) is 11.7. The summed E-state index contributed by atoms with van der Waals surface area (Å²) in [5.41, 5.74) is 1.17. The molecule has 0 radical (unpaired) electrons. The van der Waals surface area contributed by atoms with Gasteiger partial charge in [0.05, 0.1) is 11.4 Å². The molecule has 0 saturated carbocycles. The molecular weight excluding hydrogens is 240 g/mol. The number of carbonyl (C=O) groups is 1. The standard InChI is InChI=1S/C15H24N2O2/c1-5-6-11-16-12-9-7-8-10-13(12)17-14(18)19-15(2,3)4/h7-10,16H,5-6,11H2,1-4H3,(H,17,18). The van der Waals surface area contributed by atoms with Crippen molar-refractivity contribution in [2.24, 2.45) is 0 Å². The molecule has 0 aliphatic rings. The summed E-state index contributed by atoms with van der Waals surface area (Å²) in [7, 11) is 0. The molecule has 0 heterocycles. The molecule has 0 aliphatic carbocycles. The second kappa shape index (κ2) is 7.02. The SMILES string of the molecule is CCCCNc1ccccc1NC(=O)OC(C)(C)C. The number of carbonyl (C=O) groups excluding carboxylic acids is 1. The zero-order chi connectivity index (χ0) is 14.3. The average molecular weight is 264 g/mol. The Bertz CT molecular complexity index is 411. The number of rotatable bonds is 5. The highest BCUT2D eigenvalue weighted by molar-refractivity contribution is 5.89. The van der Waals surface area contributed by atoms with Crippen molar-refractivity contribution in [3.63, 3.8) is 0 Å². The van der Waals surface area contributed by atoms with Gasteiger partial charge in [0.15, 0.2) is 0 Å². The molecule has 19 heavy (non-hydrogen) atoms. The maximum atomic E-state index is 11.7. The van der Waals surface area contributed by atoms with Crippen molar-refractivity contribution < 1.29 is 9.53 Å². The molecular formula is C15H24N2O2. The summed E-state index contributed by atoms with van der Waals surface area (Å²) in [5.74, 6) is 0. The van der Waals surface area contributed by atoms with Gasteiger partial charge in [0, 0.05) is 6.54 Å². The van der Waals surface area contributed by atoms with Crippen LogP contribution in [0.2, 0.25) is 0 Å². The number of para-hydroxylation sites is 2. The van der Waals surface area contributed by atoms with Gasteiger partial charge in [-0.1, -0.05) is 25.5 Å². The fourth-order valence-corrected chi connectivity index (χ4v) is 1.56. The van der Waals surface area contributed by atoms with Crippen LogP contribution >= 0.6 is 0 Å². The maximum absolute atomic E-state index is 11.7. The molecule has 1 amide bonds. The highest BCUT2D eigenvalue weighted by Crippen LogP contribution is 2.21. The molecule has 1 aromatic carbocycles. The van der Waals surface area contributed by atoms with E-state index in [2.05, 4.69) is 17.6 Å². The third-order valence-corrected chi connectivity index (χ3v) is 2.41. The molecule has 1 rings (SSSR count). The summed E-state index contributed by atoms with van der Waals surface area (Å²) >= 11 is 0. The van der Waals surface area contributed by atoms with Gasteiger partial charge in [0.2, 0.25) is 0 Å². The monoisotopic (exact) mass is 264 g/mol. The lowest BCUT2D eigenvalue weighted by molar-refractivity contribution is 0.0636. The molecule has 0 unspecified atom stereocenters. The van der Waals surface area contributed by atoms with Crippen molar-refractivity contribution >= 4 is 17.5 Å². The van der Waals surface area contributed by atoms with E-state index in [0.717, 1.165) is 30.8 Å². The van der Waals surface area contributed by atoms with Crippen LogP contribution in [0.1, 0.15) is 40.5 Å². The van der Waals surface area contributed by atoms with Gasteiger partial charge < -0.3 is 10.1 Å². The molecule has 0 fully saturated rings. The molecule has 0 spiro atoms. The molecule has 0 aliphatic heterocycles. The van der Waals surface area contributed by atoms with E-state index in [1.807, 2.05) is 45.0 Å². The zero-order valence-corrected chi connectivity index (χ0v) is 12.2. The second-order valence-corrected chi connectivity index (χ2v) is 5.45. The Kier molecular flexibility index (Phi) is 5.67. The smallest absolute Gasteiger partial charge is 0.412 e. The van der Waals surface area contributed by atoms with Crippen LogP contribution in [0.15, 0.2) is 24.3 Å². The Balaban J connectivity index is 2.64. The number of unbranched alkanes of at least 4 members (excludes halogenated alkanes) is 1. The number of ether oxygens (including phenoxy) is 1. The minimum atomic E-state index is -0.491. The van der Waals surface area contributed by atoms with Gasteiger partial charge in [0.25, 0.3) is 0 Å². The van der Waals surface area contributed by atoms with Crippen LogP contribution in [0.5, 0.6) is 0 Å². The van der Waals surface area contributed by atoms with Crippen LogP contribution in [-0.2, 0) is 4.74 Å². The minimum Gasteiger partial charge on any atom is -0.444 e. The van der Waals surface area contributed by atoms with Gasteiger partial charge in [0.1, 0.15) is 5.60 Å². The molecule has 0 saturated heterocycles. The number of hydrogen-bond acceptors (Lipinski definition) is 3. The normalized spacial score (nSPS) is 10.9. The second-order valence-electron chi connectivity index (χ2n) is 5.45. The zero-order valence-electron chi connectivity index (χ0n) is 12.2. The quantitative estimate of drug-likeness (QED) is 0.782. The number of nitrogens with one attached hydrogen (secondary N) is 2. The molecule has 106 valence electrons. The van der Waals surface area contributed by atoms with Crippen molar-refractivity contribution in [3.05, 3.63) is 24.3 Å². The van der Waals surface area contributed by atoms with E-state index < -0.39 is 11.7 Å². The van der Waals surface area contributed by atoms with Gasteiger partial charge in [-0.05, 0) is 39.3 Å². The number of amides is 1. The Morgan fingerprint density at radius 3 is 2.42 bits per heavy atom. The van der Waals surface area contributed by atoms with E-state index in [1.54, 1.807) is 0 Å². The lowest BCUT2D eigenvalue weighted by Crippen LogP contribution is -2.27. The van der Waals surface area contributed by atoms with Crippen LogP contribution < -0.4 is 10.6 Å². The minimum absolute atomic E-state index is 0.433.